The van der Waals surface area contributed by atoms with Crippen molar-refractivity contribution in [3.05, 3.63) is 83.9 Å². The summed E-state index contributed by atoms with van der Waals surface area (Å²) in [6.45, 7) is 3.25. The Kier molecular flexibility index (Phi) is 7.70. The number of hydrogen-bond donors (Lipinski definition) is 3. The van der Waals surface area contributed by atoms with Gasteiger partial charge in [0.05, 0.1) is 6.54 Å². The van der Waals surface area contributed by atoms with Crippen molar-refractivity contribution in [2.24, 2.45) is 5.10 Å². The zero-order valence-electron chi connectivity index (χ0n) is 18.1. The van der Waals surface area contributed by atoms with Gasteiger partial charge in [0.15, 0.2) is 0 Å². The molecule has 3 amide bonds. The number of hydrogen-bond acceptors (Lipinski definition) is 4. The fourth-order valence-electron chi connectivity index (χ4n) is 3.14. The van der Waals surface area contributed by atoms with E-state index in [0.717, 1.165) is 16.3 Å². The Labute approximate surface area is 186 Å². The molecule has 0 unspecified atom stereocenters. The Morgan fingerprint density at radius 2 is 1.56 bits per heavy atom. The Bertz CT molecular complexity index is 1140. The van der Waals surface area contributed by atoms with Crippen LogP contribution in [0.25, 0.3) is 10.8 Å². The fourth-order valence-corrected chi connectivity index (χ4v) is 3.14. The summed E-state index contributed by atoms with van der Waals surface area (Å²) in [5.74, 6) is -1.25. The fraction of sp³-hybridized carbons (Fsp3) is 0.200. The number of amides is 3. The lowest BCUT2D eigenvalue weighted by Crippen LogP contribution is -2.49. The van der Waals surface area contributed by atoms with Crippen LogP contribution in [0, 0.1) is 0 Å². The van der Waals surface area contributed by atoms with E-state index in [9.17, 15) is 14.4 Å². The highest BCUT2D eigenvalue weighted by molar-refractivity contribution is 6.01. The Balaban J connectivity index is 1.72. The van der Waals surface area contributed by atoms with Gasteiger partial charge in [-0.1, -0.05) is 60.7 Å². The van der Waals surface area contributed by atoms with E-state index in [4.69, 9.17) is 0 Å². The highest BCUT2D eigenvalue weighted by atomic mass is 16.2. The van der Waals surface area contributed by atoms with Crippen molar-refractivity contribution in [1.29, 1.82) is 0 Å². The van der Waals surface area contributed by atoms with Gasteiger partial charge in [0, 0.05) is 17.7 Å². The molecule has 0 bridgehead atoms. The van der Waals surface area contributed by atoms with Gasteiger partial charge >= 0.3 is 0 Å². The second kappa shape index (κ2) is 10.9. The van der Waals surface area contributed by atoms with E-state index in [2.05, 4.69) is 21.2 Å². The minimum atomic E-state index is -0.847. The summed E-state index contributed by atoms with van der Waals surface area (Å²) in [6, 6.07) is 21.7. The van der Waals surface area contributed by atoms with Crippen molar-refractivity contribution in [2.45, 2.75) is 26.3 Å². The molecule has 0 fully saturated rings. The van der Waals surface area contributed by atoms with Crippen LogP contribution in [-0.4, -0.2) is 36.0 Å². The van der Waals surface area contributed by atoms with Crippen molar-refractivity contribution in [3.8, 4) is 0 Å². The van der Waals surface area contributed by atoms with Gasteiger partial charge < -0.3 is 10.6 Å². The third-order valence-corrected chi connectivity index (χ3v) is 4.74. The van der Waals surface area contributed by atoms with Crippen LogP contribution in [0.5, 0.6) is 0 Å². The topological polar surface area (TPSA) is 99.7 Å². The number of hydrazone groups is 1. The third kappa shape index (κ3) is 6.50. The van der Waals surface area contributed by atoms with Crippen molar-refractivity contribution in [2.75, 3.05) is 6.54 Å². The number of nitrogens with one attached hydrogen (secondary N) is 3. The zero-order chi connectivity index (χ0) is 22.9. The summed E-state index contributed by atoms with van der Waals surface area (Å²) in [5, 5.41) is 11.2. The molecule has 7 nitrogen and oxygen atoms in total. The Morgan fingerprint density at radius 3 is 2.28 bits per heavy atom. The quantitative estimate of drug-likeness (QED) is 0.378. The molecule has 3 aromatic rings. The van der Waals surface area contributed by atoms with Gasteiger partial charge in [-0.2, -0.15) is 5.10 Å². The molecule has 0 aliphatic heterocycles. The van der Waals surface area contributed by atoms with Crippen LogP contribution in [0.4, 0.5) is 0 Å². The first-order valence-corrected chi connectivity index (χ1v) is 10.3. The van der Waals surface area contributed by atoms with E-state index in [0.29, 0.717) is 17.7 Å². The first kappa shape index (κ1) is 22.7. The third-order valence-electron chi connectivity index (χ3n) is 4.74. The minimum Gasteiger partial charge on any atom is -0.345 e. The predicted molar refractivity (Wildman–Crippen MR) is 125 cm³/mol. The minimum absolute atomic E-state index is 0.243. The van der Waals surface area contributed by atoms with Gasteiger partial charge in [0.25, 0.3) is 11.8 Å². The van der Waals surface area contributed by atoms with E-state index < -0.39 is 17.9 Å². The molecule has 3 N–H and O–H groups in total. The van der Waals surface area contributed by atoms with Gasteiger partial charge in [0.2, 0.25) is 5.91 Å². The molecule has 0 aromatic heterocycles. The normalized spacial score (nSPS) is 11.3. The predicted octanol–water partition coefficient (Wildman–Crippen LogP) is 2.81. The second-order valence-electron chi connectivity index (χ2n) is 7.59. The highest BCUT2D eigenvalue weighted by Crippen LogP contribution is 2.16. The Morgan fingerprint density at radius 1 is 0.875 bits per heavy atom. The largest absolute Gasteiger partial charge is 0.345 e. The number of carbonyl (C=O) groups excluding carboxylic acids is 3. The SMILES string of the molecule is CC(C)=NNC(=O)CNC(=O)[C@H](Cc1ccccc1)NC(=O)c1ccc2ccccc2c1. The molecule has 3 aromatic carbocycles. The smallest absolute Gasteiger partial charge is 0.259 e. The van der Waals surface area contributed by atoms with E-state index in [1.54, 1.807) is 26.0 Å². The first-order chi connectivity index (χ1) is 15.4. The second-order valence-corrected chi connectivity index (χ2v) is 7.59. The molecule has 0 radical (unpaired) electrons. The van der Waals surface area contributed by atoms with Crippen LogP contribution in [0.1, 0.15) is 29.8 Å². The summed E-state index contributed by atoms with van der Waals surface area (Å²) in [6.07, 6.45) is 0.292. The lowest BCUT2D eigenvalue weighted by molar-refractivity contribution is -0.127. The molecular formula is C25H26N4O3. The maximum absolute atomic E-state index is 12.9. The maximum Gasteiger partial charge on any atom is 0.259 e. The highest BCUT2D eigenvalue weighted by Gasteiger charge is 2.22. The molecule has 32 heavy (non-hydrogen) atoms. The van der Waals surface area contributed by atoms with Crippen molar-refractivity contribution in [3.63, 3.8) is 0 Å². The van der Waals surface area contributed by atoms with E-state index in [-0.39, 0.29) is 12.5 Å². The van der Waals surface area contributed by atoms with Crippen LogP contribution in [-0.2, 0) is 16.0 Å². The summed E-state index contributed by atoms with van der Waals surface area (Å²) >= 11 is 0. The number of rotatable bonds is 8. The number of benzene rings is 3. The molecule has 0 spiro atoms. The average molecular weight is 431 g/mol. The number of nitrogens with zero attached hydrogens (tertiary/aromatic N) is 1. The van der Waals surface area contributed by atoms with Gasteiger partial charge in [-0.15, -0.1) is 0 Å². The monoisotopic (exact) mass is 430 g/mol. The standard InChI is InChI=1S/C25H26N4O3/c1-17(2)28-29-23(30)16-26-25(32)22(14-18-8-4-3-5-9-18)27-24(31)21-13-12-19-10-6-7-11-20(19)15-21/h3-13,15,22H,14,16H2,1-2H3,(H,26,32)(H,27,31)(H,29,30)/t22-/m0/s1. The molecule has 1 atom stereocenters. The molecule has 0 aliphatic carbocycles. The van der Waals surface area contributed by atoms with Crippen molar-refractivity contribution in [1.82, 2.24) is 16.1 Å². The molecule has 164 valence electrons. The van der Waals surface area contributed by atoms with Crippen LogP contribution in [0.15, 0.2) is 77.9 Å². The van der Waals surface area contributed by atoms with E-state index in [1.807, 2.05) is 60.7 Å². The maximum atomic E-state index is 12.9. The van der Waals surface area contributed by atoms with Crippen LogP contribution in [0.3, 0.4) is 0 Å². The average Bonchev–Trinajstić information content (AvgIpc) is 2.81. The van der Waals surface area contributed by atoms with Crippen molar-refractivity contribution < 1.29 is 14.4 Å². The number of carbonyl (C=O) groups is 3. The van der Waals surface area contributed by atoms with Crippen LogP contribution in [0.2, 0.25) is 0 Å². The molecule has 7 heteroatoms. The van der Waals surface area contributed by atoms with Crippen LogP contribution < -0.4 is 16.1 Å². The lowest BCUT2D eigenvalue weighted by atomic mass is 10.0. The molecule has 0 saturated carbocycles. The zero-order valence-corrected chi connectivity index (χ0v) is 18.1. The molecule has 0 saturated heterocycles. The lowest BCUT2D eigenvalue weighted by Gasteiger charge is -2.19. The summed E-state index contributed by atoms with van der Waals surface area (Å²) in [4.78, 5) is 37.6. The van der Waals surface area contributed by atoms with Gasteiger partial charge in [-0.05, 0) is 42.3 Å². The number of fused-ring (bicyclic) bond motifs is 1. The first-order valence-electron chi connectivity index (χ1n) is 10.3. The van der Waals surface area contributed by atoms with E-state index >= 15 is 0 Å². The summed E-state index contributed by atoms with van der Waals surface area (Å²) in [7, 11) is 0. The Hall–Kier alpha value is -4.00. The molecular weight excluding hydrogens is 404 g/mol. The van der Waals surface area contributed by atoms with E-state index in [1.165, 1.54) is 0 Å². The molecule has 0 heterocycles. The van der Waals surface area contributed by atoms with Gasteiger partial charge in [0.1, 0.15) is 6.04 Å². The van der Waals surface area contributed by atoms with Crippen molar-refractivity contribution >= 4 is 34.2 Å². The van der Waals surface area contributed by atoms with Gasteiger partial charge in [-0.25, -0.2) is 5.43 Å². The van der Waals surface area contributed by atoms with Crippen LogP contribution >= 0.6 is 0 Å². The summed E-state index contributed by atoms with van der Waals surface area (Å²) < 4.78 is 0. The molecule has 3 rings (SSSR count). The van der Waals surface area contributed by atoms with Gasteiger partial charge in [-0.3, -0.25) is 14.4 Å². The molecule has 0 aliphatic rings. The summed E-state index contributed by atoms with van der Waals surface area (Å²) in [5.41, 5.74) is 4.40.